The third-order valence-electron chi connectivity index (χ3n) is 3.72. The van der Waals surface area contributed by atoms with Crippen molar-refractivity contribution in [2.45, 2.75) is 25.4 Å². The number of nitriles is 2. The van der Waals surface area contributed by atoms with E-state index in [1.54, 1.807) is 30.1 Å². The molecular weight excluding hydrogens is 252 g/mol. The monoisotopic (exact) mass is 268 g/mol. The number of rotatable bonds is 2. The Morgan fingerprint density at radius 3 is 2.80 bits per heavy atom. The van der Waals surface area contributed by atoms with Gasteiger partial charge in [0.25, 0.3) is 0 Å². The first kappa shape index (κ1) is 13.9. The maximum absolute atomic E-state index is 12.3. The number of hydrogen-bond donors (Lipinski definition) is 0. The minimum Gasteiger partial charge on any atom is -0.357 e. The summed E-state index contributed by atoms with van der Waals surface area (Å²) in [5, 5.41) is 17.9. The van der Waals surface area contributed by atoms with Gasteiger partial charge >= 0.3 is 0 Å². The van der Waals surface area contributed by atoms with E-state index >= 15 is 0 Å². The molecule has 1 aromatic rings. The van der Waals surface area contributed by atoms with Gasteiger partial charge in [-0.1, -0.05) is 6.07 Å². The Morgan fingerprint density at radius 1 is 1.40 bits per heavy atom. The number of likely N-dealkylation sites (N-methyl/N-ethyl adjacent to an activating group) is 1. The van der Waals surface area contributed by atoms with Crippen LogP contribution in [0.2, 0.25) is 0 Å². The van der Waals surface area contributed by atoms with Gasteiger partial charge < -0.3 is 9.80 Å². The zero-order valence-corrected chi connectivity index (χ0v) is 11.6. The summed E-state index contributed by atoms with van der Waals surface area (Å²) in [6.07, 6.45) is 0.146. The molecule has 1 heterocycles. The Bertz CT molecular complexity index is 599. The van der Waals surface area contributed by atoms with Crippen molar-refractivity contribution >= 4 is 11.6 Å². The average Bonchev–Trinajstić information content (AvgIpc) is 2.47. The van der Waals surface area contributed by atoms with Gasteiger partial charge in [-0.05, 0) is 25.1 Å². The SMILES string of the molecule is CC1CN(c2cccc(C#N)c2)C(CC#N)C(=O)N1C. The van der Waals surface area contributed by atoms with Crippen molar-refractivity contribution in [1.82, 2.24) is 4.90 Å². The first-order valence-corrected chi connectivity index (χ1v) is 6.49. The normalized spacial score (nSPS) is 22.3. The van der Waals surface area contributed by atoms with Crippen molar-refractivity contribution in [3.63, 3.8) is 0 Å². The molecule has 0 radical (unpaired) electrons. The molecule has 0 aromatic heterocycles. The Labute approximate surface area is 118 Å². The summed E-state index contributed by atoms with van der Waals surface area (Å²) < 4.78 is 0. The Balaban J connectivity index is 2.38. The fraction of sp³-hybridized carbons (Fsp3) is 0.400. The summed E-state index contributed by atoms with van der Waals surface area (Å²) in [6, 6.07) is 10.9. The molecule has 2 atom stereocenters. The molecule has 1 aliphatic heterocycles. The number of anilines is 1. The summed E-state index contributed by atoms with van der Waals surface area (Å²) in [6.45, 7) is 2.63. The number of nitrogens with zero attached hydrogens (tertiary/aromatic N) is 4. The van der Waals surface area contributed by atoms with Gasteiger partial charge in [-0.15, -0.1) is 0 Å². The van der Waals surface area contributed by atoms with E-state index in [9.17, 15) is 4.79 Å². The fourth-order valence-electron chi connectivity index (χ4n) is 2.44. The molecule has 2 rings (SSSR count). The lowest BCUT2D eigenvalue weighted by Crippen LogP contribution is -2.59. The summed E-state index contributed by atoms with van der Waals surface area (Å²) in [5.41, 5.74) is 1.37. The largest absolute Gasteiger partial charge is 0.357 e. The van der Waals surface area contributed by atoms with E-state index < -0.39 is 6.04 Å². The van der Waals surface area contributed by atoms with Crippen LogP contribution in [0.25, 0.3) is 0 Å². The highest BCUT2D eigenvalue weighted by atomic mass is 16.2. The van der Waals surface area contributed by atoms with Crippen molar-refractivity contribution < 1.29 is 4.79 Å². The van der Waals surface area contributed by atoms with E-state index in [1.165, 1.54) is 0 Å². The van der Waals surface area contributed by atoms with Crippen LogP contribution in [0.15, 0.2) is 24.3 Å². The molecule has 0 saturated carbocycles. The molecule has 0 bridgehead atoms. The average molecular weight is 268 g/mol. The lowest BCUT2D eigenvalue weighted by atomic mass is 10.0. The number of piperazine rings is 1. The number of carbonyl (C=O) groups is 1. The van der Waals surface area contributed by atoms with Crippen LogP contribution in [0.1, 0.15) is 18.9 Å². The van der Waals surface area contributed by atoms with Crippen LogP contribution in [0.3, 0.4) is 0 Å². The van der Waals surface area contributed by atoms with Gasteiger partial charge in [-0.2, -0.15) is 10.5 Å². The second-order valence-electron chi connectivity index (χ2n) is 4.99. The smallest absolute Gasteiger partial charge is 0.246 e. The molecule has 102 valence electrons. The molecule has 0 aliphatic carbocycles. The highest BCUT2D eigenvalue weighted by molar-refractivity contribution is 5.87. The minimum atomic E-state index is -0.477. The van der Waals surface area contributed by atoms with Gasteiger partial charge in [0, 0.05) is 25.3 Å². The zero-order chi connectivity index (χ0) is 14.7. The first-order chi connectivity index (χ1) is 9.58. The van der Waals surface area contributed by atoms with E-state index in [0.717, 1.165) is 5.69 Å². The molecule has 2 unspecified atom stereocenters. The fourth-order valence-corrected chi connectivity index (χ4v) is 2.44. The molecule has 1 amide bonds. The first-order valence-electron chi connectivity index (χ1n) is 6.49. The maximum Gasteiger partial charge on any atom is 0.246 e. The second-order valence-corrected chi connectivity index (χ2v) is 4.99. The van der Waals surface area contributed by atoms with Crippen LogP contribution in [-0.4, -0.2) is 36.5 Å². The quantitative estimate of drug-likeness (QED) is 0.815. The standard InChI is InChI=1S/C15H16N4O/c1-11-10-19(13-5-3-4-12(8-13)9-17)14(6-7-16)15(20)18(11)2/h3-5,8,11,14H,6,10H2,1-2H3. The molecule has 5 heteroatoms. The molecule has 0 N–H and O–H groups in total. The summed E-state index contributed by atoms with van der Waals surface area (Å²) in [5.74, 6) is -0.0485. The van der Waals surface area contributed by atoms with Crippen LogP contribution in [-0.2, 0) is 4.79 Å². The van der Waals surface area contributed by atoms with E-state index in [0.29, 0.717) is 12.1 Å². The molecular formula is C15H16N4O. The summed E-state index contributed by atoms with van der Waals surface area (Å²) in [4.78, 5) is 15.9. The van der Waals surface area contributed by atoms with Crippen molar-refractivity contribution in [2.24, 2.45) is 0 Å². The maximum atomic E-state index is 12.3. The third-order valence-corrected chi connectivity index (χ3v) is 3.72. The van der Waals surface area contributed by atoms with Gasteiger partial charge in [0.2, 0.25) is 5.91 Å². The molecule has 1 aliphatic rings. The predicted octanol–water partition coefficient (Wildman–Crippen LogP) is 1.51. The number of amides is 1. The Kier molecular flexibility index (Phi) is 3.91. The van der Waals surface area contributed by atoms with Crippen molar-refractivity contribution in [2.75, 3.05) is 18.5 Å². The summed E-state index contributed by atoms with van der Waals surface area (Å²) >= 11 is 0. The minimum absolute atomic E-state index is 0.0485. The van der Waals surface area contributed by atoms with Gasteiger partial charge in [0.15, 0.2) is 0 Å². The molecule has 1 saturated heterocycles. The van der Waals surface area contributed by atoms with E-state index in [1.807, 2.05) is 17.9 Å². The van der Waals surface area contributed by atoms with Crippen molar-refractivity contribution in [3.05, 3.63) is 29.8 Å². The van der Waals surface area contributed by atoms with Gasteiger partial charge in [0.1, 0.15) is 6.04 Å². The van der Waals surface area contributed by atoms with Gasteiger partial charge in [-0.25, -0.2) is 0 Å². The van der Waals surface area contributed by atoms with Crippen LogP contribution in [0.4, 0.5) is 5.69 Å². The molecule has 1 fully saturated rings. The molecule has 1 aromatic carbocycles. The third kappa shape index (κ3) is 2.44. The van der Waals surface area contributed by atoms with E-state index in [2.05, 4.69) is 12.1 Å². The molecule has 20 heavy (non-hydrogen) atoms. The van der Waals surface area contributed by atoms with Crippen molar-refractivity contribution in [1.29, 1.82) is 10.5 Å². The zero-order valence-electron chi connectivity index (χ0n) is 11.6. The Hall–Kier alpha value is -2.53. The predicted molar refractivity (Wildman–Crippen MR) is 74.8 cm³/mol. The Morgan fingerprint density at radius 2 is 2.15 bits per heavy atom. The lowest BCUT2D eigenvalue weighted by molar-refractivity contribution is -0.134. The second kappa shape index (κ2) is 5.63. The van der Waals surface area contributed by atoms with Crippen LogP contribution in [0.5, 0.6) is 0 Å². The lowest BCUT2D eigenvalue weighted by Gasteiger charge is -2.43. The van der Waals surface area contributed by atoms with Crippen LogP contribution in [0, 0.1) is 22.7 Å². The van der Waals surface area contributed by atoms with Crippen molar-refractivity contribution in [3.8, 4) is 12.1 Å². The van der Waals surface area contributed by atoms with Gasteiger partial charge in [0.05, 0.1) is 24.1 Å². The number of hydrogen-bond acceptors (Lipinski definition) is 4. The highest BCUT2D eigenvalue weighted by Gasteiger charge is 2.36. The molecule has 0 spiro atoms. The van der Waals surface area contributed by atoms with Gasteiger partial charge in [-0.3, -0.25) is 4.79 Å². The highest BCUT2D eigenvalue weighted by Crippen LogP contribution is 2.25. The van der Waals surface area contributed by atoms with Crippen LogP contribution < -0.4 is 4.90 Å². The van der Waals surface area contributed by atoms with E-state index in [4.69, 9.17) is 10.5 Å². The topological polar surface area (TPSA) is 71.1 Å². The number of benzene rings is 1. The summed E-state index contributed by atoms with van der Waals surface area (Å²) in [7, 11) is 1.76. The molecule has 5 nitrogen and oxygen atoms in total. The number of carbonyl (C=O) groups excluding carboxylic acids is 1. The van der Waals surface area contributed by atoms with Crippen LogP contribution >= 0.6 is 0 Å². The van der Waals surface area contributed by atoms with E-state index in [-0.39, 0.29) is 18.4 Å².